The van der Waals surface area contributed by atoms with Gasteiger partial charge in [-0.05, 0) is 56.2 Å². The van der Waals surface area contributed by atoms with Crippen molar-refractivity contribution in [2.75, 3.05) is 5.32 Å². The number of allylic oxidation sites excluding steroid dienone is 2. The Hall–Kier alpha value is -4.10. The molecule has 2 heterocycles. The summed E-state index contributed by atoms with van der Waals surface area (Å²) < 4.78 is 0. The molecule has 0 spiro atoms. The summed E-state index contributed by atoms with van der Waals surface area (Å²) in [5, 5.41) is 14.2. The number of anilines is 2. The van der Waals surface area contributed by atoms with Crippen LogP contribution >= 0.6 is 0 Å². The van der Waals surface area contributed by atoms with Crippen molar-refractivity contribution in [1.82, 2.24) is 9.97 Å². The number of nitrogens with zero attached hydrogens (tertiary/aromatic N) is 2. The number of benzene rings is 2. The molecule has 4 aromatic rings. The van der Waals surface area contributed by atoms with Gasteiger partial charge in [-0.15, -0.1) is 0 Å². The molecule has 1 aliphatic carbocycles. The number of pyridine rings is 1. The summed E-state index contributed by atoms with van der Waals surface area (Å²) in [5.74, 6) is 0. The predicted molar refractivity (Wildman–Crippen MR) is 128 cm³/mol. The van der Waals surface area contributed by atoms with Crippen molar-refractivity contribution in [1.29, 1.82) is 5.26 Å². The van der Waals surface area contributed by atoms with Crippen molar-refractivity contribution in [2.24, 2.45) is 0 Å². The molecule has 2 aromatic carbocycles. The highest BCUT2D eigenvalue weighted by Gasteiger charge is 2.18. The highest BCUT2D eigenvalue weighted by Crippen LogP contribution is 2.37. The lowest BCUT2D eigenvalue weighted by Crippen LogP contribution is -1.96. The van der Waals surface area contributed by atoms with E-state index < -0.39 is 0 Å². The van der Waals surface area contributed by atoms with E-state index in [-0.39, 0.29) is 0 Å². The highest BCUT2D eigenvalue weighted by atomic mass is 14.9. The Morgan fingerprint density at radius 2 is 1.87 bits per heavy atom. The molecule has 150 valence electrons. The average molecular weight is 403 g/mol. The molecule has 0 unspecified atom stereocenters. The number of para-hydroxylation sites is 2. The summed E-state index contributed by atoms with van der Waals surface area (Å²) in [5.41, 5.74) is 8.76. The van der Waals surface area contributed by atoms with Gasteiger partial charge in [-0.25, -0.2) is 4.98 Å². The fourth-order valence-corrected chi connectivity index (χ4v) is 4.14. The second kappa shape index (κ2) is 7.97. The third kappa shape index (κ3) is 3.62. The maximum atomic E-state index is 9.57. The molecule has 0 aliphatic heterocycles. The fourth-order valence-electron chi connectivity index (χ4n) is 4.14. The molecule has 0 saturated heterocycles. The molecular formula is C27H22N4. The van der Waals surface area contributed by atoms with Gasteiger partial charge < -0.3 is 10.3 Å². The normalized spacial score (nSPS) is 15.8. The van der Waals surface area contributed by atoms with Gasteiger partial charge in [0.15, 0.2) is 0 Å². The summed E-state index contributed by atoms with van der Waals surface area (Å²) in [6.45, 7) is 2.06. The molecule has 5 rings (SSSR count). The van der Waals surface area contributed by atoms with Crippen LogP contribution in [0.5, 0.6) is 0 Å². The largest absolute Gasteiger partial charge is 0.358 e. The maximum absolute atomic E-state index is 9.57. The van der Waals surface area contributed by atoms with Crippen molar-refractivity contribution in [3.8, 4) is 17.3 Å². The first-order valence-corrected chi connectivity index (χ1v) is 10.4. The third-order valence-electron chi connectivity index (χ3n) is 5.61. The number of aryl methyl sites for hydroxylation is 1. The fraction of sp³-hybridized carbons (Fsp3) is 0.111. The van der Waals surface area contributed by atoms with E-state index in [1.807, 2.05) is 42.5 Å². The maximum Gasteiger partial charge on any atom is 0.0947 e. The molecule has 0 saturated carbocycles. The Morgan fingerprint density at radius 3 is 2.71 bits per heavy atom. The minimum Gasteiger partial charge on any atom is -0.358 e. The van der Waals surface area contributed by atoms with Crippen molar-refractivity contribution in [3.05, 3.63) is 89.3 Å². The Bertz CT molecular complexity index is 1370. The first kappa shape index (κ1) is 18.9. The first-order chi connectivity index (χ1) is 15.2. The molecule has 4 heteroatoms. The third-order valence-corrected chi connectivity index (χ3v) is 5.61. The minimum atomic E-state index is 0.752. The average Bonchev–Trinajstić information content (AvgIpc) is 3.08. The topological polar surface area (TPSA) is 64.5 Å². The minimum absolute atomic E-state index is 0.752. The SMILES string of the molecule is Cc1[nH]c2c(c1-c1cc(Nc3ccccc3)c3ccccc3n1)/C=C(/C#N)CC/C=C\2. The van der Waals surface area contributed by atoms with E-state index in [4.69, 9.17) is 4.98 Å². The van der Waals surface area contributed by atoms with Crippen LogP contribution in [-0.2, 0) is 0 Å². The van der Waals surface area contributed by atoms with Crippen LogP contribution in [0.25, 0.3) is 34.3 Å². The van der Waals surface area contributed by atoms with Crippen LogP contribution in [0.4, 0.5) is 11.4 Å². The van der Waals surface area contributed by atoms with Crippen LogP contribution in [0.15, 0.2) is 72.3 Å². The number of hydrogen-bond acceptors (Lipinski definition) is 3. The van der Waals surface area contributed by atoms with E-state index in [0.717, 1.165) is 68.9 Å². The van der Waals surface area contributed by atoms with E-state index in [9.17, 15) is 5.26 Å². The zero-order chi connectivity index (χ0) is 21.2. The second-order valence-electron chi connectivity index (χ2n) is 7.74. The summed E-state index contributed by atoms with van der Waals surface area (Å²) >= 11 is 0. The molecule has 31 heavy (non-hydrogen) atoms. The van der Waals surface area contributed by atoms with Crippen LogP contribution in [-0.4, -0.2) is 9.97 Å². The number of hydrogen-bond donors (Lipinski definition) is 2. The van der Waals surface area contributed by atoms with Gasteiger partial charge in [0.1, 0.15) is 0 Å². The molecule has 1 aliphatic rings. The van der Waals surface area contributed by atoms with Gasteiger partial charge in [0, 0.05) is 39.2 Å². The number of nitriles is 1. The van der Waals surface area contributed by atoms with E-state index in [2.05, 4.69) is 59.7 Å². The Morgan fingerprint density at radius 1 is 1.06 bits per heavy atom. The van der Waals surface area contributed by atoms with Crippen LogP contribution in [0.3, 0.4) is 0 Å². The number of rotatable bonds is 3. The first-order valence-electron chi connectivity index (χ1n) is 10.4. The zero-order valence-corrected chi connectivity index (χ0v) is 17.3. The number of fused-ring (bicyclic) bond motifs is 2. The van der Waals surface area contributed by atoms with Crippen LogP contribution in [0, 0.1) is 18.3 Å². The molecule has 2 N–H and O–H groups in total. The van der Waals surface area contributed by atoms with Crippen LogP contribution in [0.2, 0.25) is 0 Å². The van der Waals surface area contributed by atoms with Crippen molar-refractivity contribution < 1.29 is 0 Å². The molecule has 0 atom stereocenters. The van der Waals surface area contributed by atoms with E-state index in [1.165, 1.54) is 0 Å². The van der Waals surface area contributed by atoms with Gasteiger partial charge in [-0.3, -0.25) is 0 Å². The number of H-pyrrole nitrogens is 1. The molecule has 0 radical (unpaired) electrons. The Labute approximate surface area is 181 Å². The molecule has 2 aromatic heterocycles. The van der Waals surface area contributed by atoms with Gasteiger partial charge in [0.2, 0.25) is 0 Å². The van der Waals surface area contributed by atoms with Gasteiger partial charge in [-0.1, -0.05) is 42.5 Å². The summed E-state index contributed by atoms with van der Waals surface area (Å²) in [6, 6.07) is 22.8. The van der Waals surface area contributed by atoms with E-state index in [0.29, 0.717) is 0 Å². The highest BCUT2D eigenvalue weighted by molar-refractivity contribution is 5.96. The van der Waals surface area contributed by atoms with Gasteiger partial charge in [0.05, 0.1) is 23.0 Å². The lowest BCUT2D eigenvalue weighted by molar-refractivity contribution is 1.02. The lowest BCUT2D eigenvalue weighted by atomic mass is 9.97. The van der Waals surface area contributed by atoms with Gasteiger partial charge >= 0.3 is 0 Å². The van der Waals surface area contributed by atoms with Gasteiger partial charge in [0.25, 0.3) is 0 Å². The van der Waals surface area contributed by atoms with Crippen molar-refractivity contribution in [3.63, 3.8) is 0 Å². The lowest BCUT2D eigenvalue weighted by Gasteiger charge is -2.13. The predicted octanol–water partition coefficient (Wildman–Crippen LogP) is 7.00. The molecule has 4 nitrogen and oxygen atoms in total. The van der Waals surface area contributed by atoms with Crippen LogP contribution < -0.4 is 5.32 Å². The summed E-state index contributed by atoms with van der Waals surface area (Å²) in [7, 11) is 0. The number of aromatic nitrogens is 2. The van der Waals surface area contributed by atoms with Crippen molar-refractivity contribution in [2.45, 2.75) is 19.8 Å². The summed E-state index contributed by atoms with van der Waals surface area (Å²) in [4.78, 5) is 8.49. The molecular weight excluding hydrogens is 380 g/mol. The second-order valence-corrected chi connectivity index (χ2v) is 7.74. The Balaban J connectivity index is 1.73. The number of nitrogens with one attached hydrogen (secondary N) is 2. The van der Waals surface area contributed by atoms with Crippen LogP contribution in [0.1, 0.15) is 29.8 Å². The standard InChI is InChI=1S/C27H22N4/c1-18-27(22-15-19(17-28)9-5-7-14-24(22)29-18)26-16-25(30-20-10-3-2-4-11-20)21-12-6-8-13-23(21)31-26/h2-4,6-8,10-16,29H,5,9H2,1H3,(H,30,31)/b14-7-,19-15+. The smallest absolute Gasteiger partial charge is 0.0947 e. The molecule has 0 amide bonds. The zero-order valence-electron chi connectivity index (χ0n) is 17.3. The Kier molecular flexibility index (Phi) is 4.86. The van der Waals surface area contributed by atoms with Crippen molar-refractivity contribution >= 4 is 34.4 Å². The molecule has 0 fully saturated rings. The number of aromatic amines is 1. The van der Waals surface area contributed by atoms with E-state index in [1.54, 1.807) is 0 Å². The summed E-state index contributed by atoms with van der Waals surface area (Å²) in [6.07, 6.45) is 7.87. The molecule has 0 bridgehead atoms. The quantitative estimate of drug-likeness (QED) is 0.388. The van der Waals surface area contributed by atoms with E-state index >= 15 is 0 Å². The monoisotopic (exact) mass is 402 g/mol. The van der Waals surface area contributed by atoms with Gasteiger partial charge in [-0.2, -0.15) is 5.26 Å².